The predicted molar refractivity (Wildman–Crippen MR) is 110 cm³/mol. The summed E-state index contributed by atoms with van der Waals surface area (Å²) < 4.78 is 0. The van der Waals surface area contributed by atoms with E-state index in [0.29, 0.717) is 10.9 Å². The van der Waals surface area contributed by atoms with Crippen molar-refractivity contribution in [2.45, 2.75) is 18.9 Å². The van der Waals surface area contributed by atoms with Gasteiger partial charge in [0.25, 0.3) is 0 Å². The second kappa shape index (κ2) is 7.82. The van der Waals surface area contributed by atoms with Gasteiger partial charge in [-0.25, -0.2) is 0 Å². The first-order valence-electron chi connectivity index (χ1n) is 9.07. The summed E-state index contributed by atoms with van der Waals surface area (Å²) in [6.07, 6.45) is 2.37. The molecule has 0 atom stereocenters. The van der Waals surface area contributed by atoms with Gasteiger partial charge in [0.2, 0.25) is 0 Å². The number of nitrogens with zero attached hydrogens (tertiary/aromatic N) is 3. The number of aromatic amines is 1. The highest BCUT2D eigenvalue weighted by molar-refractivity contribution is 7.15. The van der Waals surface area contributed by atoms with Gasteiger partial charge in [0.15, 0.2) is 5.82 Å². The first kappa shape index (κ1) is 17.6. The smallest absolute Gasteiger partial charge is 0.152 e. The summed E-state index contributed by atoms with van der Waals surface area (Å²) in [5, 5.41) is 23.2. The molecular weight excluding hydrogens is 356 g/mol. The minimum absolute atomic E-state index is 0.554. The fourth-order valence-corrected chi connectivity index (χ4v) is 4.01. The van der Waals surface area contributed by atoms with E-state index in [2.05, 4.69) is 63.1 Å². The monoisotopic (exact) mass is 378 g/mol. The van der Waals surface area contributed by atoms with E-state index >= 15 is 0 Å². The number of aromatic nitrogens is 2. The van der Waals surface area contributed by atoms with Crippen molar-refractivity contribution in [2.24, 2.45) is 0 Å². The third-order valence-corrected chi connectivity index (χ3v) is 5.83. The van der Waals surface area contributed by atoms with E-state index in [1.165, 1.54) is 24.2 Å². The molecule has 0 spiro atoms. The van der Waals surface area contributed by atoms with Crippen LogP contribution in [0.1, 0.15) is 17.7 Å². The van der Waals surface area contributed by atoms with Gasteiger partial charge in [0.05, 0.1) is 10.6 Å². The van der Waals surface area contributed by atoms with Crippen LogP contribution in [0.4, 0.5) is 17.2 Å². The highest BCUT2D eigenvalue weighted by atomic mass is 32.1. The maximum atomic E-state index is 8.95. The first-order valence-corrected chi connectivity index (χ1v) is 9.89. The zero-order chi connectivity index (χ0) is 18.6. The Morgan fingerprint density at radius 3 is 2.59 bits per heavy atom. The molecule has 3 aromatic rings. The van der Waals surface area contributed by atoms with Crippen molar-refractivity contribution in [1.82, 2.24) is 15.1 Å². The molecule has 27 heavy (non-hydrogen) atoms. The first-order chi connectivity index (χ1) is 13.2. The van der Waals surface area contributed by atoms with Gasteiger partial charge >= 0.3 is 0 Å². The predicted octanol–water partition coefficient (Wildman–Crippen LogP) is 4.26. The number of likely N-dealkylation sites (tertiary alicyclic amines) is 1. The second-order valence-electron chi connectivity index (χ2n) is 6.87. The Morgan fingerprint density at radius 2 is 1.89 bits per heavy atom. The number of anilines is 3. The number of nitriles is 1. The third-order valence-electron chi connectivity index (χ3n) is 4.81. The summed E-state index contributed by atoms with van der Waals surface area (Å²) >= 11 is 1.45. The molecule has 0 aliphatic carbocycles. The summed E-state index contributed by atoms with van der Waals surface area (Å²) in [5.41, 5.74) is 3.05. The van der Waals surface area contributed by atoms with Crippen molar-refractivity contribution >= 4 is 28.5 Å². The highest BCUT2D eigenvalue weighted by Gasteiger charge is 2.16. The van der Waals surface area contributed by atoms with Crippen LogP contribution in [0.2, 0.25) is 0 Å². The highest BCUT2D eigenvalue weighted by Crippen LogP contribution is 2.28. The molecule has 1 aliphatic rings. The molecular formula is C20H22N6S. The van der Waals surface area contributed by atoms with Crippen LogP contribution in [-0.2, 0) is 0 Å². The summed E-state index contributed by atoms with van der Waals surface area (Å²) in [6.45, 7) is 2.30. The number of thiophene rings is 1. The largest absolute Gasteiger partial charge is 0.382 e. The fraction of sp³-hybridized carbons (Fsp3) is 0.300. The normalized spacial score (nSPS) is 15.4. The average Bonchev–Trinajstić information content (AvgIpc) is 3.34. The van der Waals surface area contributed by atoms with E-state index in [1.807, 2.05) is 18.2 Å². The van der Waals surface area contributed by atoms with Crippen LogP contribution < -0.4 is 10.6 Å². The minimum Gasteiger partial charge on any atom is -0.382 e. The molecule has 0 radical (unpaired) electrons. The maximum Gasteiger partial charge on any atom is 0.152 e. The van der Waals surface area contributed by atoms with Crippen LogP contribution in [0.15, 0.2) is 42.5 Å². The van der Waals surface area contributed by atoms with Crippen LogP contribution in [-0.4, -0.2) is 41.3 Å². The number of hydrogen-bond donors (Lipinski definition) is 3. The number of piperidine rings is 1. The Balaban J connectivity index is 1.36. The summed E-state index contributed by atoms with van der Waals surface area (Å²) in [6, 6.07) is 16.8. The summed E-state index contributed by atoms with van der Waals surface area (Å²) in [4.78, 5) is 4.08. The molecule has 0 bridgehead atoms. The molecule has 1 saturated heterocycles. The molecule has 3 N–H and O–H groups in total. The van der Waals surface area contributed by atoms with Crippen molar-refractivity contribution in [3.8, 4) is 16.6 Å². The van der Waals surface area contributed by atoms with Crippen molar-refractivity contribution in [2.75, 3.05) is 30.8 Å². The van der Waals surface area contributed by atoms with Gasteiger partial charge in [-0.1, -0.05) is 0 Å². The molecule has 0 amide bonds. The lowest BCUT2D eigenvalue weighted by Crippen LogP contribution is -2.36. The van der Waals surface area contributed by atoms with E-state index in [-0.39, 0.29) is 0 Å². The van der Waals surface area contributed by atoms with Gasteiger partial charge in [0.1, 0.15) is 10.9 Å². The average molecular weight is 379 g/mol. The maximum absolute atomic E-state index is 8.95. The number of H-pyrrole nitrogens is 1. The number of benzene rings is 1. The van der Waals surface area contributed by atoms with Crippen molar-refractivity contribution < 1.29 is 0 Å². The number of rotatable bonds is 5. The Kier molecular flexibility index (Phi) is 5.10. The Bertz CT molecular complexity index is 928. The summed E-state index contributed by atoms with van der Waals surface area (Å²) in [5.74, 6) is 0.757. The van der Waals surface area contributed by atoms with Crippen molar-refractivity contribution in [3.63, 3.8) is 0 Å². The van der Waals surface area contributed by atoms with Gasteiger partial charge in [-0.3, -0.25) is 5.10 Å². The molecule has 7 heteroatoms. The Morgan fingerprint density at radius 1 is 1.15 bits per heavy atom. The third kappa shape index (κ3) is 4.30. The number of nitrogens with one attached hydrogen (secondary N) is 3. The van der Waals surface area contributed by atoms with Crippen molar-refractivity contribution in [1.29, 1.82) is 5.26 Å². The molecule has 4 rings (SSSR count). The Labute approximate surface area is 162 Å². The van der Waals surface area contributed by atoms with Crippen LogP contribution >= 0.6 is 11.3 Å². The SMILES string of the molecule is CN1CCC(Nc2ccc(Nc3cc(-c4ccc(C#N)s4)[nH]n3)cc2)CC1. The molecule has 0 unspecified atom stereocenters. The van der Waals surface area contributed by atoms with E-state index in [1.54, 1.807) is 0 Å². The zero-order valence-electron chi connectivity index (χ0n) is 15.2. The summed E-state index contributed by atoms with van der Waals surface area (Å²) in [7, 11) is 2.18. The van der Waals surface area contributed by atoms with Gasteiger partial charge < -0.3 is 15.5 Å². The van der Waals surface area contributed by atoms with Gasteiger partial charge in [-0.05, 0) is 69.4 Å². The standard InChI is InChI=1S/C20H22N6S/c1-26-10-8-16(9-11-26)22-14-2-4-15(5-3-14)23-20-12-18(24-25-20)19-7-6-17(13-21)27-19/h2-7,12,16,22H,8-11H2,1H3,(H2,23,24,25). The van der Waals surface area contributed by atoms with Crippen LogP contribution in [0.5, 0.6) is 0 Å². The lowest BCUT2D eigenvalue weighted by atomic mass is 10.1. The molecule has 3 heterocycles. The molecule has 6 nitrogen and oxygen atoms in total. The van der Waals surface area contributed by atoms with Crippen LogP contribution in [0.25, 0.3) is 10.6 Å². The Hall–Kier alpha value is -2.82. The minimum atomic E-state index is 0.554. The molecule has 0 saturated carbocycles. The van der Waals surface area contributed by atoms with Crippen LogP contribution in [0, 0.1) is 11.3 Å². The van der Waals surface area contributed by atoms with Gasteiger partial charge in [0, 0.05) is 23.5 Å². The van der Waals surface area contributed by atoms with Crippen molar-refractivity contribution in [3.05, 3.63) is 47.3 Å². The quantitative estimate of drug-likeness (QED) is 0.618. The number of hydrogen-bond acceptors (Lipinski definition) is 6. The van der Waals surface area contributed by atoms with Gasteiger partial charge in [-0.15, -0.1) is 11.3 Å². The van der Waals surface area contributed by atoms with E-state index in [9.17, 15) is 0 Å². The van der Waals surface area contributed by atoms with Crippen LogP contribution in [0.3, 0.4) is 0 Å². The molecule has 1 aliphatic heterocycles. The van der Waals surface area contributed by atoms with E-state index < -0.39 is 0 Å². The molecule has 2 aromatic heterocycles. The topological polar surface area (TPSA) is 79.8 Å². The lowest BCUT2D eigenvalue weighted by molar-refractivity contribution is 0.264. The zero-order valence-corrected chi connectivity index (χ0v) is 16.0. The van der Waals surface area contributed by atoms with E-state index in [0.717, 1.165) is 40.9 Å². The second-order valence-corrected chi connectivity index (χ2v) is 7.95. The molecule has 138 valence electrons. The molecule has 1 aromatic carbocycles. The van der Waals surface area contributed by atoms with E-state index in [4.69, 9.17) is 5.26 Å². The fourth-order valence-electron chi connectivity index (χ4n) is 3.24. The molecule has 1 fully saturated rings. The lowest BCUT2D eigenvalue weighted by Gasteiger charge is -2.30. The van der Waals surface area contributed by atoms with Gasteiger partial charge in [-0.2, -0.15) is 10.4 Å².